The molecule has 0 atom stereocenters. The molecule has 4 nitrogen and oxygen atoms in total. The van der Waals surface area contributed by atoms with Crippen LogP contribution in [0.25, 0.3) is 0 Å². The van der Waals surface area contributed by atoms with E-state index in [4.69, 9.17) is 4.98 Å². The van der Waals surface area contributed by atoms with Gasteiger partial charge < -0.3 is 10.2 Å². The highest BCUT2D eigenvalue weighted by molar-refractivity contribution is 7.07. The van der Waals surface area contributed by atoms with Crippen LogP contribution in [0.1, 0.15) is 30.3 Å². The van der Waals surface area contributed by atoms with E-state index in [1.54, 1.807) is 11.3 Å². The summed E-state index contributed by atoms with van der Waals surface area (Å²) in [5.41, 5.74) is 5.41. The Morgan fingerprint density at radius 3 is 2.80 bits per heavy atom. The van der Waals surface area contributed by atoms with Crippen LogP contribution in [0.2, 0.25) is 0 Å². The molecule has 0 amide bonds. The molecule has 1 N–H and O–H groups in total. The Morgan fingerprint density at radius 2 is 2.15 bits per heavy atom. The average molecular weight is 290 g/mol. The number of aromatic nitrogens is 2. The Hall–Kier alpha value is -1.46. The molecular weight excluding hydrogens is 268 g/mol. The van der Waals surface area contributed by atoms with Crippen LogP contribution in [0.4, 0.5) is 5.82 Å². The summed E-state index contributed by atoms with van der Waals surface area (Å²) in [6.07, 6.45) is 2.14. The van der Waals surface area contributed by atoms with Crippen molar-refractivity contribution in [3.8, 4) is 0 Å². The van der Waals surface area contributed by atoms with E-state index in [9.17, 15) is 0 Å². The third-order valence-corrected chi connectivity index (χ3v) is 3.72. The van der Waals surface area contributed by atoms with Gasteiger partial charge in [-0.3, -0.25) is 0 Å². The molecule has 0 saturated heterocycles. The molecule has 2 aromatic rings. The van der Waals surface area contributed by atoms with Crippen molar-refractivity contribution in [2.45, 2.75) is 32.9 Å². The maximum absolute atomic E-state index is 4.76. The molecule has 2 aromatic heterocycles. The van der Waals surface area contributed by atoms with Crippen LogP contribution in [0, 0.1) is 0 Å². The average Bonchev–Trinajstić information content (AvgIpc) is 2.92. The topological polar surface area (TPSA) is 41.0 Å². The minimum atomic E-state index is 0.797. The van der Waals surface area contributed by atoms with E-state index >= 15 is 0 Å². The molecule has 108 valence electrons. The SMILES string of the molecule is CCCc1cc(CNC)cc(N(C)Cc2cscn2)n1. The second-order valence-electron chi connectivity index (χ2n) is 4.94. The Bertz CT molecular complexity index is 500. The van der Waals surface area contributed by atoms with Crippen molar-refractivity contribution in [2.24, 2.45) is 0 Å². The van der Waals surface area contributed by atoms with Crippen molar-refractivity contribution in [3.05, 3.63) is 40.0 Å². The zero-order chi connectivity index (χ0) is 14.4. The predicted octanol–water partition coefficient (Wildman–Crippen LogP) is 2.85. The second kappa shape index (κ2) is 7.36. The lowest BCUT2D eigenvalue weighted by Crippen LogP contribution is -2.19. The molecule has 0 bridgehead atoms. The van der Waals surface area contributed by atoms with Gasteiger partial charge in [0.05, 0.1) is 17.7 Å². The van der Waals surface area contributed by atoms with Crippen molar-refractivity contribution in [1.82, 2.24) is 15.3 Å². The molecule has 0 aliphatic heterocycles. The molecule has 0 aliphatic rings. The Labute approximate surface area is 124 Å². The fourth-order valence-electron chi connectivity index (χ4n) is 2.16. The van der Waals surface area contributed by atoms with Gasteiger partial charge in [0.25, 0.3) is 0 Å². The van der Waals surface area contributed by atoms with Crippen molar-refractivity contribution in [2.75, 3.05) is 19.0 Å². The van der Waals surface area contributed by atoms with Gasteiger partial charge in [0.1, 0.15) is 5.82 Å². The number of hydrogen-bond acceptors (Lipinski definition) is 5. The van der Waals surface area contributed by atoms with Gasteiger partial charge in [0, 0.05) is 24.7 Å². The van der Waals surface area contributed by atoms with Crippen LogP contribution < -0.4 is 10.2 Å². The van der Waals surface area contributed by atoms with Crippen LogP contribution in [-0.2, 0) is 19.5 Å². The molecule has 0 unspecified atom stereocenters. The van der Waals surface area contributed by atoms with Gasteiger partial charge in [-0.15, -0.1) is 11.3 Å². The summed E-state index contributed by atoms with van der Waals surface area (Å²) in [5, 5.41) is 5.29. The first-order chi connectivity index (χ1) is 9.72. The maximum Gasteiger partial charge on any atom is 0.129 e. The first-order valence-electron chi connectivity index (χ1n) is 6.95. The van der Waals surface area contributed by atoms with E-state index in [0.29, 0.717) is 0 Å². The molecule has 0 saturated carbocycles. The largest absolute Gasteiger partial charge is 0.354 e. The summed E-state index contributed by atoms with van der Waals surface area (Å²) in [6.45, 7) is 3.85. The summed E-state index contributed by atoms with van der Waals surface area (Å²) < 4.78 is 0. The zero-order valence-corrected chi connectivity index (χ0v) is 13.2. The van der Waals surface area contributed by atoms with Crippen molar-refractivity contribution in [3.63, 3.8) is 0 Å². The molecule has 0 spiro atoms. The molecule has 5 heteroatoms. The van der Waals surface area contributed by atoms with Crippen LogP contribution in [0.3, 0.4) is 0 Å². The van der Waals surface area contributed by atoms with Gasteiger partial charge in [0.2, 0.25) is 0 Å². The molecule has 0 fully saturated rings. The van der Waals surface area contributed by atoms with Gasteiger partial charge in [-0.25, -0.2) is 9.97 Å². The number of aryl methyl sites for hydroxylation is 1. The zero-order valence-electron chi connectivity index (χ0n) is 12.4. The van der Waals surface area contributed by atoms with Crippen molar-refractivity contribution in [1.29, 1.82) is 0 Å². The van der Waals surface area contributed by atoms with Gasteiger partial charge in [-0.05, 0) is 31.2 Å². The highest BCUT2D eigenvalue weighted by Crippen LogP contribution is 2.17. The molecule has 20 heavy (non-hydrogen) atoms. The quantitative estimate of drug-likeness (QED) is 0.851. The number of nitrogens with zero attached hydrogens (tertiary/aromatic N) is 3. The van der Waals surface area contributed by atoms with Crippen LogP contribution in [0.15, 0.2) is 23.0 Å². The number of pyridine rings is 1. The Balaban J connectivity index is 2.19. The highest BCUT2D eigenvalue weighted by atomic mass is 32.1. The third-order valence-electron chi connectivity index (χ3n) is 3.09. The van der Waals surface area contributed by atoms with Crippen LogP contribution >= 0.6 is 11.3 Å². The fourth-order valence-corrected chi connectivity index (χ4v) is 2.71. The Morgan fingerprint density at radius 1 is 1.30 bits per heavy atom. The smallest absolute Gasteiger partial charge is 0.129 e. The lowest BCUT2D eigenvalue weighted by atomic mass is 10.1. The predicted molar refractivity (Wildman–Crippen MR) is 85.2 cm³/mol. The summed E-state index contributed by atoms with van der Waals surface area (Å²) in [5.74, 6) is 1.02. The third kappa shape index (κ3) is 4.02. The van der Waals surface area contributed by atoms with E-state index in [2.05, 4.69) is 46.7 Å². The molecular formula is C15H22N4S. The minimum absolute atomic E-state index is 0.797. The lowest BCUT2D eigenvalue weighted by molar-refractivity contribution is 0.795. The van der Waals surface area contributed by atoms with E-state index in [0.717, 1.165) is 37.4 Å². The summed E-state index contributed by atoms with van der Waals surface area (Å²) in [4.78, 5) is 11.3. The van der Waals surface area contributed by atoms with E-state index < -0.39 is 0 Å². The molecule has 2 rings (SSSR count). The minimum Gasteiger partial charge on any atom is -0.354 e. The van der Waals surface area contributed by atoms with Gasteiger partial charge >= 0.3 is 0 Å². The molecule has 0 radical (unpaired) electrons. The summed E-state index contributed by atoms with van der Waals surface area (Å²) >= 11 is 1.63. The number of thiazole rings is 1. The lowest BCUT2D eigenvalue weighted by Gasteiger charge is -2.19. The number of nitrogens with one attached hydrogen (secondary N) is 1. The van der Waals surface area contributed by atoms with Crippen molar-refractivity contribution < 1.29 is 0 Å². The Kier molecular flexibility index (Phi) is 5.49. The molecule has 2 heterocycles. The molecule has 0 aliphatic carbocycles. The number of hydrogen-bond donors (Lipinski definition) is 1. The highest BCUT2D eigenvalue weighted by Gasteiger charge is 2.08. The standard InChI is InChI=1S/C15H22N4S/c1-4-5-13-6-12(8-16-2)7-15(18-13)19(3)9-14-10-20-11-17-14/h6-7,10-11,16H,4-5,8-9H2,1-3H3. The summed E-state index contributed by atoms with van der Waals surface area (Å²) in [7, 11) is 4.04. The van der Waals surface area contributed by atoms with Gasteiger partial charge in [0.15, 0.2) is 0 Å². The van der Waals surface area contributed by atoms with Gasteiger partial charge in [-0.1, -0.05) is 13.3 Å². The second-order valence-corrected chi connectivity index (χ2v) is 5.66. The normalized spacial score (nSPS) is 10.8. The fraction of sp³-hybridized carbons (Fsp3) is 0.467. The first-order valence-corrected chi connectivity index (χ1v) is 7.89. The monoisotopic (exact) mass is 290 g/mol. The molecule has 0 aromatic carbocycles. The van der Waals surface area contributed by atoms with Crippen LogP contribution in [0.5, 0.6) is 0 Å². The van der Waals surface area contributed by atoms with E-state index in [1.165, 1.54) is 11.3 Å². The van der Waals surface area contributed by atoms with E-state index in [1.807, 2.05) is 12.6 Å². The number of anilines is 1. The first kappa shape index (κ1) is 14.9. The number of rotatable bonds is 7. The maximum atomic E-state index is 4.76. The van der Waals surface area contributed by atoms with Crippen molar-refractivity contribution >= 4 is 17.2 Å². The van der Waals surface area contributed by atoms with Gasteiger partial charge in [-0.2, -0.15) is 0 Å². The summed E-state index contributed by atoms with van der Waals surface area (Å²) in [6, 6.07) is 4.35. The van der Waals surface area contributed by atoms with Crippen LogP contribution in [-0.4, -0.2) is 24.1 Å². The van der Waals surface area contributed by atoms with E-state index in [-0.39, 0.29) is 0 Å².